The van der Waals surface area contributed by atoms with Crippen molar-refractivity contribution in [2.24, 2.45) is 5.92 Å². The smallest absolute Gasteiger partial charge is 0.407 e. The number of ether oxygens (including phenoxy) is 2. The standard InChI is InChI=1S/C53H57FN8O14/c1-6-53(74)33-20-39-46-31(22-62(39)50(71)32(33)24-75-51(53)72)45-35(12-11-30-26(4)34(54)21-37(58-46)44(30)45)60-52(73)76-23-28-7-9-29(10-8-28)56-48(69)36(13-16-43(66)67)59-47(68)27(5)55-49(70)38(19-25(2)3)57-40(63)17-18-61-41(64)14-15-42(61)65/h7-10,14-15,20-21,25,27,35-36,38,74H,6,11-13,16-19,22-24H2,1-5H3,(H,55,70)(H,56,69)(H,57,63)(H,59,68)(H,60,73)(H,66,67)/t27-,35-,36-,38+,53-/m0/s1. The second-order valence-corrected chi connectivity index (χ2v) is 19.7. The van der Waals surface area contributed by atoms with E-state index in [1.807, 2.05) is 13.8 Å². The number of aliphatic carboxylic acids is 1. The monoisotopic (exact) mass is 1050 g/mol. The van der Waals surface area contributed by atoms with Gasteiger partial charge in [-0.1, -0.05) is 32.9 Å². The first-order valence-corrected chi connectivity index (χ1v) is 24.9. The van der Waals surface area contributed by atoms with Crippen molar-refractivity contribution in [2.75, 3.05) is 11.9 Å². The molecule has 2 aromatic heterocycles. The molecule has 5 atom stereocenters. The van der Waals surface area contributed by atoms with Gasteiger partial charge in [-0.15, -0.1) is 0 Å². The number of carboxylic acid groups (broad SMARTS) is 1. The number of alkyl carbamates (subject to hydrolysis) is 1. The number of fused-ring (bicyclic) bond motifs is 5. The summed E-state index contributed by atoms with van der Waals surface area (Å²) in [5.74, 6) is -6.70. The molecule has 22 nitrogen and oxygen atoms in total. The molecule has 5 heterocycles. The van der Waals surface area contributed by atoms with Crippen LogP contribution in [-0.4, -0.2) is 103 Å². The molecule has 2 aromatic carbocycles. The molecule has 0 bridgehead atoms. The lowest BCUT2D eigenvalue weighted by Gasteiger charge is -2.31. The average Bonchev–Trinajstić information content (AvgIpc) is 3.91. The van der Waals surface area contributed by atoms with Crippen LogP contribution in [0.1, 0.15) is 111 Å². The van der Waals surface area contributed by atoms with E-state index >= 15 is 4.39 Å². The maximum Gasteiger partial charge on any atom is 0.407 e. The SMILES string of the molecule is CC[C@@]1(O)C(=O)OCc2c1cc1n(c2=O)Cc2c-1nc1cc(F)c(C)c3c1c2[C@@H](NC(=O)OCc1ccc(NC(=O)[C@H](CCC(=O)O)NC(=O)[C@H](C)NC(=O)[C@@H](CC(C)C)NC(=O)CCN2C(=O)C=CC2=O)cc1)CC3. The van der Waals surface area contributed by atoms with Crippen molar-refractivity contribution < 1.29 is 67.2 Å². The fourth-order valence-corrected chi connectivity index (χ4v) is 9.99. The lowest BCUT2D eigenvalue weighted by atomic mass is 9.81. The Kier molecular flexibility index (Phi) is 15.5. The number of esters is 1. The minimum atomic E-state index is -2.06. The predicted octanol–water partition coefficient (Wildman–Crippen LogP) is 3.08. The summed E-state index contributed by atoms with van der Waals surface area (Å²) in [7, 11) is 0. The van der Waals surface area contributed by atoms with E-state index in [0.29, 0.717) is 57.4 Å². The number of halogens is 1. The number of rotatable bonds is 19. The molecule has 0 spiro atoms. The number of amides is 7. The van der Waals surface area contributed by atoms with Crippen LogP contribution in [0.3, 0.4) is 0 Å². The first-order chi connectivity index (χ1) is 36.1. The van der Waals surface area contributed by atoms with Crippen LogP contribution in [0.4, 0.5) is 14.9 Å². The van der Waals surface area contributed by atoms with E-state index in [2.05, 4.69) is 26.6 Å². The average molecular weight is 1050 g/mol. The van der Waals surface area contributed by atoms with Gasteiger partial charge < -0.3 is 50.8 Å². The molecule has 23 heteroatoms. The summed E-state index contributed by atoms with van der Waals surface area (Å²) >= 11 is 0. The van der Waals surface area contributed by atoms with E-state index in [1.54, 1.807) is 32.0 Å². The molecule has 4 aliphatic rings. The van der Waals surface area contributed by atoms with Gasteiger partial charge in [0.25, 0.3) is 17.4 Å². The van der Waals surface area contributed by atoms with Crippen molar-refractivity contribution in [1.29, 1.82) is 0 Å². The van der Waals surface area contributed by atoms with Crippen LogP contribution in [0.25, 0.3) is 22.3 Å². The molecule has 8 rings (SSSR count). The number of aryl methyl sites for hydroxylation is 1. The van der Waals surface area contributed by atoms with Crippen molar-refractivity contribution in [3.63, 3.8) is 0 Å². The molecular weight excluding hydrogens is 992 g/mol. The molecule has 400 valence electrons. The molecule has 3 aliphatic heterocycles. The quantitative estimate of drug-likeness (QED) is 0.0462. The van der Waals surface area contributed by atoms with Crippen molar-refractivity contribution in [1.82, 2.24) is 35.7 Å². The molecule has 76 heavy (non-hydrogen) atoms. The summed E-state index contributed by atoms with van der Waals surface area (Å²) < 4.78 is 27.7. The zero-order valence-corrected chi connectivity index (χ0v) is 42.3. The number of anilines is 1. The van der Waals surface area contributed by atoms with Gasteiger partial charge in [0.05, 0.1) is 35.1 Å². The number of carboxylic acids is 1. The van der Waals surface area contributed by atoms with Crippen LogP contribution in [0.5, 0.6) is 0 Å². The summed E-state index contributed by atoms with van der Waals surface area (Å²) in [6.45, 7) is 7.54. The van der Waals surface area contributed by atoms with Crippen LogP contribution in [0.15, 0.2) is 53.3 Å². The van der Waals surface area contributed by atoms with Crippen LogP contribution in [0.2, 0.25) is 0 Å². The van der Waals surface area contributed by atoms with Crippen LogP contribution >= 0.6 is 0 Å². The van der Waals surface area contributed by atoms with Gasteiger partial charge in [0.15, 0.2) is 5.60 Å². The topological polar surface area (TPSA) is 311 Å². The lowest BCUT2D eigenvalue weighted by molar-refractivity contribution is -0.172. The Labute approximate surface area is 433 Å². The summed E-state index contributed by atoms with van der Waals surface area (Å²) in [6.07, 6.45) is 1.16. The van der Waals surface area contributed by atoms with Gasteiger partial charge in [-0.25, -0.2) is 19.0 Å². The second kappa shape index (κ2) is 21.9. The molecule has 0 saturated carbocycles. The Hall–Kier alpha value is -8.34. The van der Waals surface area contributed by atoms with Crippen molar-refractivity contribution in [3.8, 4) is 11.4 Å². The second-order valence-electron chi connectivity index (χ2n) is 19.7. The number of aromatic nitrogens is 2. The molecule has 0 saturated heterocycles. The molecule has 1 aliphatic carbocycles. The number of hydrogen-bond donors (Lipinski definition) is 7. The van der Waals surface area contributed by atoms with Gasteiger partial charge in [0.2, 0.25) is 23.6 Å². The fourth-order valence-electron chi connectivity index (χ4n) is 9.99. The number of cyclic esters (lactones) is 1. The number of aliphatic hydroxyl groups is 1. The van der Waals surface area contributed by atoms with Gasteiger partial charge in [-0.05, 0) is 92.3 Å². The first kappa shape index (κ1) is 53.9. The number of benzene rings is 2. The van der Waals surface area contributed by atoms with Gasteiger partial charge in [0, 0.05) is 59.8 Å². The zero-order valence-electron chi connectivity index (χ0n) is 42.3. The van der Waals surface area contributed by atoms with Crippen LogP contribution < -0.4 is 32.1 Å². The van der Waals surface area contributed by atoms with Gasteiger partial charge in [-0.2, -0.15) is 0 Å². The Morgan fingerprint density at radius 2 is 1.62 bits per heavy atom. The highest BCUT2D eigenvalue weighted by molar-refractivity contribution is 6.13. The van der Waals surface area contributed by atoms with Crippen molar-refractivity contribution >= 4 is 70.1 Å². The summed E-state index contributed by atoms with van der Waals surface area (Å²) in [5.41, 5.74) is 1.85. The molecule has 0 radical (unpaired) electrons. The maximum atomic E-state index is 15.4. The number of nitrogens with zero attached hydrogens (tertiary/aromatic N) is 3. The number of pyridine rings is 2. The normalized spacial score (nSPS) is 18.2. The molecule has 7 amide bonds. The number of imide groups is 1. The Morgan fingerprint density at radius 1 is 0.908 bits per heavy atom. The third kappa shape index (κ3) is 10.9. The molecule has 4 aromatic rings. The van der Waals surface area contributed by atoms with Crippen LogP contribution in [0, 0.1) is 18.7 Å². The highest BCUT2D eigenvalue weighted by Crippen LogP contribution is 2.46. The molecule has 7 N–H and O–H groups in total. The summed E-state index contributed by atoms with van der Waals surface area (Å²) in [6, 6.07) is 4.64. The van der Waals surface area contributed by atoms with Crippen LogP contribution in [-0.2, 0) is 79.6 Å². The van der Waals surface area contributed by atoms with Gasteiger partial charge in [-0.3, -0.25) is 43.3 Å². The Morgan fingerprint density at radius 3 is 2.29 bits per heavy atom. The number of carbonyl (C=O) groups excluding carboxylic acids is 8. The molecule has 0 unspecified atom stereocenters. The summed E-state index contributed by atoms with van der Waals surface area (Å²) in [4.78, 5) is 134. The number of hydrogen-bond acceptors (Lipinski definition) is 14. The largest absolute Gasteiger partial charge is 0.481 e. The van der Waals surface area contributed by atoms with Crippen molar-refractivity contribution in [2.45, 2.75) is 129 Å². The minimum absolute atomic E-state index is 0.0435. The maximum absolute atomic E-state index is 15.4. The third-order valence-corrected chi connectivity index (χ3v) is 14.1. The molecule has 0 fully saturated rings. The predicted molar refractivity (Wildman–Crippen MR) is 267 cm³/mol. The minimum Gasteiger partial charge on any atom is -0.481 e. The zero-order chi connectivity index (χ0) is 54.9. The summed E-state index contributed by atoms with van der Waals surface area (Å²) in [5, 5.41) is 34.6. The van der Waals surface area contributed by atoms with E-state index in [1.165, 1.54) is 29.7 Å². The van der Waals surface area contributed by atoms with E-state index in [-0.39, 0.29) is 74.7 Å². The first-order valence-electron chi connectivity index (χ1n) is 24.9. The van der Waals surface area contributed by atoms with Gasteiger partial charge in [0.1, 0.15) is 37.2 Å². The lowest BCUT2D eigenvalue weighted by Crippen LogP contribution is -2.55. The van der Waals surface area contributed by atoms with E-state index in [4.69, 9.17) is 14.5 Å². The van der Waals surface area contributed by atoms with E-state index < -0.39 is 101 Å². The highest BCUT2D eigenvalue weighted by atomic mass is 19.1. The van der Waals surface area contributed by atoms with E-state index in [9.17, 15) is 58.2 Å². The third-order valence-electron chi connectivity index (χ3n) is 14.1. The van der Waals surface area contributed by atoms with Gasteiger partial charge >= 0.3 is 18.0 Å². The Bertz CT molecular complexity index is 3190. The van der Waals surface area contributed by atoms with Crippen molar-refractivity contribution in [3.05, 3.63) is 104 Å². The number of nitrogens with one attached hydrogen (secondary N) is 5. The highest BCUT2D eigenvalue weighted by Gasteiger charge is 2.46. The van der Waals surface area contributed by atoms with E-state index in [0.717, 1.165) is 22.6 Å². The molecular formula is C53H57FN8O14. The number of carbonyl (C=O) groups is 9. The Balaban J connectivity index is 0.898. The fraction of sp³-hybridized carbons (Fsp3) is 0.415.